The predicted octanol–water partition coefficient (Wildman–Crippen LogP) is 6.30. The third-order valence-corrected chi connectivity index (χ3v) is 7.89. The number of benzene rings is 3. The summed E-state index contributed by atoms with van der Waals surface area (Å²) in [6.07, 6.45) is 1.53. The molecule has 11 nitrogen and oxygen atoms in total. The van der Waals surface area contributed by atoms with Gasteiger partial charge in [0.05, 0.1) is 12.0 Å². The molecular weight excluding hydrogens is 583 g/mol. The number of non-ortho nitro benzene ring substituents is 1. The zero-order valence-electron chi connectivity index (χ0n) is 24.1. The highest BCUT2D eigenvalue weighted by atomic mass is 32.1. The number of hydrogen-bond donors (Lipinski definition) is 1. The van der Waals surface area contributed by atoms with E-state index in [4.69, 9.17) is 27.2 Å². The van der Waals surface area contributed by atoms with E-state index in [0.29, 0.717) is 18.5 Å². The Labute approximate surface area is 252 Å². The van der Waals surface area contributed by atoms with Crippen LogP contribution in [0.1, 0.15) is 23.6 Å². The van der Waals surface area contributed by atoms with Crippen LogP contribution in [0.2, 0.25) is 0 Å². The first-order valence-electron chi connectivity index (χ1n) is 13.3. The van der Waals surface area contributed by atoms with Gasteiger partial charge in [-0.25, -0.2) is 13.1 Å². The van der Waals surface area contributed by atoms with Gasteiger partial charge in [-0.1, -0.05) is 37.3 Å². The van der Waals surface area contributed by atoms with Gasteiger partial charge in [0.1, 0.15) is 30.0 Å². The van der Waals surface area contributed by atoms with Gasteiger partial charge in [0, 0.05) is 24.2 Å². The first-order valence-corrected chi connectivity index (χ1v) is 15.1. The van der Waals surface area contributed by atoms with Crippen molar-refractivity contribution in [2.75, 3.05) is 41.1 Å². The van der Waals surface area contributed by atoms with Crippen molar-refractivity contribution in [3.8, 4) is 17.2 Å². The lowest BCUT2D eigenvalue weighted by atomic mass is 10.0. The van der Waals surface area contributed by atoms with Gasteiger partial charge in [0.15, 0.2) is 6.79 Å². The maximum Gasteiger partial charge on any atom is 0.543 e. The molecule has 3 aromatic rings. The van der Waals surface area contributed by atoms with E-state index in [1.807, 2.05) is 61.5 Å². The van der Waals surface area contributed by atoms with Crippen LogP contribution in [0.25, 0.3) is 0 Å². The summed E-state index contributed by atoms with van der Waals surface area (Å²) < 4.78 is 46.0. The van der Waals surface area contributed by atoms with Gasteiger partial charge < -0.3 is 23.6 Å². The summed E-state index contributed by atoms with van der Waals surface area (Å²) in [6.45, 7) is 2.04. The molecule has 0 heterocycles. The van der Waals surface area contributed by atoms with E-state index in [1.54, 1.807) is 14.0 Å². The molecule has 0 aliphatic carbocycles. The maximum atomic E-state index is 13.1. The normalized spacial score (nSPS) is 13.4. The van der Waals surface area contributed by atoms with Crippen molar-refractivity contribution in [3.05, 3.63) is 93.5 Å². The molecule has 0 fully saturated rings. The fraction of sp³-hybridized carbons (Fsp3) is 0.379. The second kappa shape index (κ2) is 16.5. The Morgan fingerprint density at radius 3 is 2.48 bits per heavy atom. The first-order chi connectivity index (χ1) is 20.2. The van der Waals surface area contributed by atoms with E-state index in [1.165, 1.54) is 18.2 Å². The van der Waals surface area contributed by atoms with Crippen LogP contribution in [-0.2, 0) is 37.1 Å². The number of rotatable bonds is 18. The third kappa shape index (κ3) is 10.3. The molecule has 0 amide bonds. The zero-order valence-corrected chi connectivity index (χ0v) is 25.9. The van der Waals surface area contributed by atoms with Crippen molar-refractivity contribution in [1.29, 1.82) is 0 Å². The average molecular weight is 621 g/mol. The van der Waals surface area contributed by atoms with Gasteiger partial charge in [0.25, 0.3) is 5.69 Å². The first kappa shape index (κ1) is 33.4. The number of aryl methyl sites for hydroxylation is 3. The topological polar surface area (TPSA) is 119 Å². The number of nitro groups is 1. The van der Waals surface area contributed by atoms with Crippen molar-refractivity contribution in [2.45, 2.75) is 32.3 Å². The number of nitro benzene ring substituents is 1. The molecule has 2 atom stereocenters. The minimum absolute atomic E-state index is 0.113. The number of methoxy groups -OCH3 is 1. The van der Waals surface area contributed by atoms with Crippen LogP contribution in [0.3, 0.4) is 0 Å². The number of phosphoric acid groups is 1. The summed E-state index contributed by atoms with van der Waals surface area (Å²) in [7, 11) is 1.22. The largest absolute Gasteiger partial charge is 0.543 e. The van der Waals surface area contributed by atoms with E-state index in [-0.39, 0.29) is 18.0 Å². The number of thiol groups is 1. The van der Waals surface area contributed by atoms with Gasteiger partial charge in [0.2, 0.25) is 0 Å². The van der Waals surface area contributed by atoms with Crippen LogP contribution in [0, 0.1) is 10.1 Å². The predicted molar refractivity (Wildman–Crippen MR) is 162 cm³/mol. The number of likely N-dealkylation sites (N-methyl/N-ethyl adjacent to an activating group) is 1. The fourth-order valence-corrected chi connectivity index (χ4v) is 5.11. The minimum atomic E-state index is -4.21. The lowest BCUT2D eigenvalue weighted by Crippen LogP contribution is -2.34. The standard InChI is InChI=1S/C29H37N2O9PS/c1-5-23-18-25(31(32)33)15-16-29(23)39-41(34,40-42)38-21-37-27(19-30(2)3)20-36-28-12-7-6-10-24(28)14-13-22-9-8-11-26(17-22)35-4/h6-12,15-18,27,42H,5,13-14,19-21H2,1-4H3. The van der Waals surface area contributed by atoms with Crippen LogP contribution in [0.4, 0.5) is 5.69 Å². The van der Waals surface area contributed by atoms with Crippen LogP contribution < -0.4 is 14.0 Å². The maximum absolute atomic E-state index is 13.1. The van der Waals surface area contributed by atoms with Crippen LogP contribution >= 0.6 is 20.7 Å². The molecule has 3 rings (SSSR count). The van der Waals surface area contributed by atoms with E-state index >= 15 is 0 Å². The average Bonchev–Trinajstić information content (AvgIpc) is 2.99. The molecule has 42 heavy (non-hydrogen) atoms. The molecular formula is C29H37N2O9PS. The number of hydrogen-bond acceptors (Lipinski definition) is 11. The van der Waals surface area contributed by atoms with Gasteiger partial charge in [-0.3, -0.25) is 10.1 Å². The molecule has 0 bridgehead atoms. The Morgan fingerprint density at radius 2 is 1.79 bits per heavy atom. The summed E-state index contributed by atoms with van der Waals surface area (Å²) in [5.74, 6) is 1.69. The van der Waals surface area contributed by atoms with E-state index in [2.05, 4.69) is 19.0 Å². The molecule has 13 heteroatoms. The Kier molecular flexibility index (Phi) is 13.1. The third-order valence-electron chi connectivity index (χ3n) is 6.24. The highest BCUT2D eigenvalue weighted by Gasteiger charge is 2.30. The van der Waals surface area contributed by atoms with Crippen molar-refractivity contribution in [3.63, 3.8) is 0 Å². The molecule has 0 aliphatic heterocycles. The molecule has 3 aromatic carbocycles. The number of para-hydroxylation sites is 1. The van der Waals surface area contributed by atoms with Gasteiger partial charge >= 0.3 is 7.82 Å². The lowest BCUT2D eigenvalue weighted by molar-refractivity contribution is -0.384. The lowest BCUT2D eigenvalue weighted by Gasteiger charge is -2.23. The molecule has 0 saturated carbocycles. The second-order valence-corrected chi connectivity index (χ2v) is 11.6. The number of nitrogens with zero attached hydrogens (tertiary/aromatic N) is 2. The summed E-state index contributed by atoms with van der Waals surface area (Å²) in [6, 6.07) is 19.7. The molecule has 0 aliphatic rings. The van der Waals surface area contributed by atoms with E-state index in [9.17, 15) is 14.7 Å². The quantitative estimate of drug-likeness (QED) is 0.0433. The highest BCUT2D eigenvalue weighted by Crippen LogP contribution is 2.51. The van der Waals surface area contributed by atoms with Crippen LogP contribution in [0.15, 0.2) is 66.7 Å². The van der Waals surface area contributed by atoms with Gasteiger partial charge in [-0.05, 0) is 81.7 Å². The summed E-state index contributed by atoms with van der Waals surface area (Å²) in [5, 5.41) is 11.1. The molecule has 0 radical (unpaired) electrons. The smallest absolute Gasteiger partial charge is 0.497 e. The molecule has 0 N–H and O–H groups in total. The van der Waals surface area contributed by atoms with Crippen LogP contribution in [0.5, 0.6) is 17.2 Å². The molecule has 228 valence electrons. The van der Waals surface area contributed by atoms with Crippen molar-refractivity contribution in [1.82, 2.24) is 4.90 Å². The fourth-order valence-electron chi connectivity index (χ4n) is 4.12. The highest BCUT2D eigenvalue weighted by molar-refractivity contribution is 7.80. The minimum Gasteiger partial charge on any atom is -0.497 e. The Hall–Kier alpha value is -3.12. The van der Waals surface area contributed by atoms with Crippen molar-refractivity contribution in [2.24, 2.45) is 0 Å². The van der Waals surface area contributed by atoms with E-state index in [0.717, 1.165) is 35.5 Å². The monoisotopic (exact) mass is 620 g/mol. The van der Waals surface area contributed by atoms with Crippen LogP contribution in [-0.4, -0.2) is 57.1 Å². The molecule has 0 saturated heterocycles. The van der Waals surface area contributed by atoms with Crippen molar-refractivity contribution >= 4 is 26.4 Å². The summed E-state index contributed by atoms with van der Waals surface area (Å²) in [4.78, 5) is 12.5. The molecule has 0 spiro atoms. The number of ether oxygens (including phenoxy) is 3. The van der Waals surface area contributed by atoms with Gasteiger partial charge in [-0.15, -0.1) is 0 Å². The zero-order chi connectivity index (χ0) is 30.5. The second-order valence-electron chi connectivity index (χ2n) is 9.59. The van der Waals surface area contributed by atoms with Crippen molar-refractivity contribution < 1.29 is 36.7 Å². The SMILES string of the molecule is CCc1cc([N+](=O)[O-])ccc1OP(=O)(OS)OCOC(COc1ccccc1CCc1cccc(OC)c1)CN(C)C. The van der Waals surface area contributed by atoms with Gasteiger partial charge in [-0.2, -0.15) is 0 Å². The number of phosphoric ester groups is 1. The molecule has 2 unspecified atom stereocenters. The molecule has 0 aromatic heterocycles. The Bertz CT molecular complexity index is 1360. The van der Waals surface area contributed by atoms with E-state index < -0.39 is 25.6 Å². The summed E-state index contributed by atoms with van der Waals surface area (Å²) in [5.41, 5.74) is 2.56. The Morgan fingerprint density at radius 1 is 1.00 bits per heavy atom. The Balaban J connectivity index is 1.60. The summed E-state index contributed by atoms with van der Waals surface area (Å²) >= 11 is 3.67.